The van der Waals surface area contributed by atoms with Crippen molar-refractivity contribution in [2.75, 3.05) is 20.7 Å². The summed E-state index contributed by atoms with van der Waals surface area (Å²) in [5.74, 6) is 1.56. The first-order valence-corrected chi connectivity index (χ1v) is 7.20. The van der Waals surface area contributed by atoms with Crippen LogP contribution in [-0.4, -0.2) is 31.1 Å². The summed E-state index contributed by atoms with van der Waals surface area (Å²) < 4.78 is 5.44. The fourth-order valence-corrected chi connectivity index (χ4v) is 2.20. The maximum absolute atomic E-state index is 5.44. The summed E-state index contributed by atoms with van der Waals surface area (Å²) in [5, 5.41) is 0. The van der Waals surface area contributed by atoms with Gasteiger partial charge in [0.2, 0.25) is 0 Å². The number of nitrogens with zero attached hydrogens (tertiary/aromatic N) is 1. The smallest absolute Gasteiger partial charge is 0.122 e. The Morgan fingerprint density at radius 3 is 2.42 bits per heavy atom. The molecule has 0 saturated heterocycles. The highest BCUT2D eigenvalue weighted by atomic mass is 16.5. The highest BCUT2D eigenvalue weighted by Crippen LogP contribution is 2.29. The normalized spacial score (nSPS) is 13.6. The quantitative estimate of drug-likeness (QED) is 0.758. The van der Waals surface area contributed by atoms with Crippen LogP contribution in [0.15, 0.2) is 24.3 Å². The summed E-state index contributed by atoms with van der Waals surface area (Å²) in [5.41, 5.74) is 1.58. The van der Waals surface area contributed by atoms with Crippen molar-refractivity contribution in [2.24, 2.45) is 0 Å². The fraction of sp³-hybridized carbons (Fsp3) is 0.647. The predicted molar refractivity (Wildman–Crippen MR) is 83.0 cm³/mol. The Morgan fingerprint density at radius 2 is 1.84 bits per heavy atom. The van der Waals surface area contributed by atoms with Crippen LogP contribution in [0.5, 0.6) is 5.75 Å². The Balaban J connectivity index is 2.50. The number of methoxy groups -OCH3 is 1. The standard InChI is InChI=1S/C17H29NO/c1-14(10-9-13-18(5)17(2,3)4)15-11-7-8-12-16(15)19-6/h7-8,11-12,14H,9-10,13H2,1-6H3/t14-/m1/s1. The van der Waals surface area contributed by atoms with Crippen molar-refractivity contribution in [1.29, 1.82) is 0 Å². The molecule has 1 aromatic carbocycles. The van der Waals surface area contributed by atoms with Gasteiger partial charge in [-0.1, -0.05) is 25.1 Å². The molecule has 0 bridgehead atoms. The molecule has 0 aliphatic rings. The van der Waals surface area contributed by atoms with E-state index >= 15 is 0 Å². The van der Waals surface area contributed by atoms with Crippen molar-refractivity contribution in [3.05, 3.63) is 29.8 Å². The van der Waals surface area contributed by atoms with E-state index in [0.29, 0.717) is 5.92 Å². The van der Waals surface area contributed by atoms with Gasteiger partial charge in [0.25, 0.3) is 0 Å². The molecular weight excluding hydrogens is 234 g/mol. The van der Waals surface area contributed by atoms with Crippen LogP contribution in [-0.2, 0) is 0 Å². The molecule has 1 atom stereocenters. The van der Waals surface area contributed by atoms with Gasteiger partial charge in [0, 0.05) is 5.54 Å². The first kappa shape index (κ1) is 16.0. The molecule has 19 heavy (non-hydrogen) atoms. The van der Waals surface area contributed by atoms with E-state index in [9.17, 15) is 0 Å². The minimum Gasteiger partial charge on any atom is -0.496 e. The average molecular weight is 263 g/mol. The molecule has 0 radical (unpaired) electrons. The van der Waals surface area contributed by atoms with Gasteiger partial charge < -0.3 is 9.64 Å². The predicted octanol–water partition coefficient (Wildman–Crippen LogP) is 4.31. The van der Waals surface area contributed by atoms with Gasteiger partial charge in [-0.25, -0.2) is 0 Å². The zero-order valence-corrected chi connectivity index (χ0v) is 13.4. The Kier molecular flexibility index (Phi) is 5.86. The lowest BCUT2D eigenvalue weighted by Crippen LogP contribution is -2.38. The molecule has 0 aromatic heterocycles. The van der Waals surface area contributed by atoms with E-state index in [2.05, 4.69) is 51.8 Å². The van der Waals surface area contributed by atoms with Crippen molar-refractivity contribution in [3.63, 3.8) is 0 Å². The number of hydrogen-bond acceptors (Lipinski definition) is 2. The van der Waals surface area contributed by atoms with Crippen molar-refractivity contribution < 1.29 is 4.74 Å². The van der Waals surface area contributed by atoms with Crippen LogP contribution in [0.4, 0.5) is 0 Å². The minimum absolute atomic E-state index is 0.258. The summed E-state index contributed by atoms with van der Waals surface area (Å²) in [6, 6.07) is 8.35. The third-order valence-corrected chi connectivity index (χ3v) is 3.95. The zero-order valence-electron chi connectivity index (χ0n) is 13.4. The van der Waals surface area contributed by atoms with Crippen LogP contribution >= 0.6 is 0 Å². The maximum Gasteiger partial charge on any atom is 0.122 e. The molecule has 0 amide bonds. The van der Waals surface area contributed by atoms with Crippen LogP contribution in [0, 0.1) is 0 Å². The molecule has 0 fully saturated rings. The fourth-order valence-electron chi connectivity index (χ4n) is 2.20. The second-order valence-electron chi connectivity index (χ2n) is 6.38. The monoisotopic (exact) mass is 263 g/mol. The highest BCUT2D eigenvalue weighted by molar-refractivity contribution is 5.35. The highest BCUT2D eigenvalue weighted by Gasteiger charge is 2.17. The Hall–Kier alpha value is -1.02. The summed E-state index contributed by atoms with van der Waals surface area (Å²) in [7, 11) is 3.95. The van der Waals surface area contributed by atoms with Gasteiger partial charge in [0.05, 0.1) is 7.11 Å². The van der Waals surface area contributed by atoms with E-state index in [1.165, 1.54) is 18.4 Å². The van der Waals surface area contributed by atoms with Crippen LogP contribution in [0.2, 0.25) is 0 Å². The summed E-state index contributed by atoms with van der Waals surface area (Å²) in [6.07, 6.45) is 2.41. The maximum atomic E-state index is 5.44. The molecule has 0 aliphatic carbocycles. The molecule has 1 rings (SSSR count). The SMILES string of the molecule is COc1ccccc1[C@H](C)CCCN(C)C(C)(C)C. The molecule has 1 aromatic rings. The molecule has 0 spiro atoms. The van der Waals surface area contributed by atoms with Gasteiger partial charge in [-0.2, -0.15) is 0 Å². The summed E-state index contributed by atoms with van der Waals surface area (Å²) >= 11 is 0. The second kappa shape index (κ2) is 6.95. The molecule has 108 valence electrons. The number of rotatable bonds is 6. The molecule has 2 nitrogen and oxygen atoms in total. The van der Waals surface area contributed by atoms with E-state index in [0.717, 1.165) is 12.3 Å². The summed E-state index contributed by atoms with van der Waals surface area (Å²) in [4.78, 5) is 2.42. The number of hydrogen-bond donors (Lipinski definition) is 0. The molecule has 0 heterocycles. The van der Waals surface area contributed by atoms with Crippen LogP contribution in [0.1, 0.15) is 52.0 Å². The molecule has 0 N–H and O–H groups in total. The van der Waals surface area contributed by atoms with Gasteiger partial charge in [-0.05, 0) is 64.8 Å². The lowest BCUT2D eigenvalue weighted by Gasteiger charge is -2.32. The molecular formula is C17H29NO. The lowest BCUT2D eigenvalue weighted by atomic mass is 9.95. The Morgan fingerprint density at radius 1 is 1.21 bits per heavy atom. The van der Waals surface area contributed by atoms with Gasteiger partial charge >= 0.3 is 0 Å². The molecule has 0 unspecified atom stereocenters. The number of para-hydroxylation sites is 1. The molecule has 0 saturated carbocycles. The van der Waals surface area contributed by atoms with Crippen molar-refractivity contribution in [3.8, 4) is 5.75 Å². The van der Waals surface area contributed by atoms with E-state index in [-0.39, 0.29) is 5.54 Å². The second-order valence-corrected chi connectivity index (χ2v) is 6.38. The van der Waals surface area contributed by atoms with E-state index < -0.39 is 0 Å². The van der Waals surface area contributed by atoms with Gasteiger partial charge in [0.15, 0.2) is 0 Å². The first-order chi connectivity index (χ1) is 8.86. The number of ether oxygens (including phenoxy) is 1. The van der Waals surface area contributed by atoms with Gasteiger partial charge in [-0.3, -0.25) is 0 Å². The summed E-state index contributed by atoms with van der Waals surface area (Å²) in [6.45, 7) is 10.2. The topological polar surface area (TPSA) is 12.5 Å². The third kappa shape index (κ3) is 4.87. The average Bonchev–Trinajstić information content (AvgIpc) is 2.37. The Labute approximate surface area is 118 Å². The first-order valence-electron chi connectivity index (χ1n) is 7.20. The lowest BCUT2D eigenvalue weighted by molar-refractivity contribution is 0.171. The minimum atomic E-state index is 0.258. The number of benzene rings is 1. The van der Waals surface area contributed by atoms with Crippen molar-refractivity contribution >= 4 is 0 Å². The van der Waals surface area contributed by atoms with Crippen LogP contribution in [0.3, 0.4) is 0 Å². The van der Waals surface area contributed by atoms with Gasteiger partial charge in [-0.15, -0.1) is 0 Å². The van der Waals surface area contributed by atoms with Gasteiger partial charge in [0.1, 0.15) is 5.75 Å². The zero-order chi connectivity index (χ0) is 14.5. The third-order valence-electron chi connectivity index (χ3n) is 3.95. The van der Waals surface area contributed by atoms with Crippen molar-refractivity contribution in [2.45, 2.75) is 52.0 Å². The van der Waals surface area contributed by atoms with Crippen LogP contribution < -0.4 is 4.74 Å². The molecule has 0 aliphatic heterocycles. The largest absolute Gasteiger partial charge is 0.496 e. The Bertz CT molecular complexity index is 381. The molecule has 2 heteroatoms. The van der Waals surface area contributed by atoms with E-state index in [4.69, 9.17) is 4.74 Å². The van der Waals surface area contributed by atoms with Crippen LogP contribution in [0.25, 0.3) is 0 Å². The van der Waals surface area contributed by atoms with E-state index in [1.54, 1.807) is 7.11 Å². The van der Waals surface area contributed by atoms with Crippen molar-refractivity contribution in [1.82, 2.24) is 4.90 Å². The van der Waals surface area contributed by atoms with E-state index in [1.807, 2.05) is 12.1 Å².